The number of amides is 16. The zero-order valence-electron chi connectivity index (χ0n) is 77.9. The van der Waals surface area contributed by atoms with Crippen molar-refractivity contribution in [1.82, 2.24) is 90.0 Å². The number of β-amino-alcohol motifs (C(OH)–C–C–N with tert-alkyl or cyclic N) is 1. The Morgan fingerprint density at radius 3 is 1.16 bits per heavy atom. The number of nitrogens with one attached hydrogen (secondary N) is 18. The summed E-state index contributed by atoms with van der Waals surface area (Å²) in [5.41, 5.74) is 41.3. The van der Waals surface area contributed by atoms with Gasteiger partial charge in [0.05, 0.1) is 25.2 Å². The standard InChI is InChI=1S/C85H142N26O22S2/c1-11-42(6)63(78(128)106-59(40-134)75(125)101-52(26-29-86)69(119)97-51(17-15-33-96-84(93)94)68(118)104-57(82(132)133)35-46-20-24-48(114)25-21-46)107-71(121)54(28-31-88)100-74(124)58(39-112)105-70(120)53(27-30-87)99-67(117)50(16-14-32-95-83(91)92)98-72(122)56(37-61(89)116)103-80(130)66(85(9,10)135)110-73(123)55(34-45-18-22-47(113)23-19-45)102-77(127)64(43(7)12-2)109-79(129)65(44(8)13-3)108-76(126)60-36-49(115)38-111(60)81(131)62(90)41(4)5/h18-25,41-44,49-60,62-66,112-115,134-135H,11-17,26-40,86-88,90H2,1-10H3,(H2,89,116)(H,97,119)(H,98,122)(H,99,117)(H,100,124)(H,101,125)(H,102,127)(H,103,130)(H,104,118)(H,105,120)(H,106,128)(H,107,121)(H,108,126)(H,109,129)(H,110,123)(H,132,133)(H4,91,92,95)(H4,93,94,96)/t42-,43-,44-,49+,50-,51-,52-,53-,54+,55-,56-,57-,58-,59-,60-,62-,63-,64-,65-,66+/m0/s1. The van der Waals surface area contributed by atoms with Crippen LogP contribution in [-0.4, -0.2) is 302 Å². The Labute approximate surface area is 794 Å². The van der Waals surface area contributed by atoms with E-state index in [0.717, 1.165) is 0 Å². The van der Waals surface area contributed by atoms with Crippen LogP contribution in [0.4, 0.5) is 0 Å². The first kappa shape index (κ1) is 117. The van der Waals surface area contributed by atoms with Crippen LogP contribution in [0.15, 0.2) is 48.5 Å². The van der Waals surface area contributed by atoms with Crippen LogP contribution in [0.25, 0.3) is 0 Å². The molecule has 0 unspecified atom stereocenters. The fourth-order valence-corrected chi connectivity index (χ4v) is 14.4. The van der Waals surface area contributed by atoms with Crippen molar-refractivity contribution >= 4 is 138 Å². The van der Waals surface area contributed by atoms with E-state index in [2.05, 4.69) is 110 Å². The Morgan fingerprint density at radius 2 is 0.785 bits per heavy atom. The number of hydrogen-bond donors (Lipinski definition) is 32. The number of thiol groups is 2. The Morgan fingerprint density at radius 1 is 0.459 bits per heavy atom. The van der Waals surface area contributed by atoms with Gasteiger partial charge in [0.2, 0.25) is 94.5 Å². The number of carbonyl (C=O) groups excluding carboxylic acids is 16. The van der Waals surface area contributed by atoms with E-state index in [4.69, 9.17) is 51.0 Å². The fraction of sp³-hybridized carbons (Fsp3) is 0.635. The number of hydrogen-bond acceptors (Lipinski definition) is 29. The minimum Gasteiger partial charge on any atom is -0.508 e. The number of aliphatic carboxylic acids is 1. The van der Waals surface area contributed by atoms with Crippen molar-refractivity contribution in [2.45, 2.75) is 267 Å². The highest BCUT2D eigenvalue weighted by molar-refractivity contribution is 7.81. The summed E-state index contributed by atoms with van der Waals surface area (Å²) in [6.45, 7) is 14.0. The van der Waals surface area contributed by atoms with Gasteiger partial charge in [-0.3, -0.25) is 87.5 Å². The molecule has 20 atom stereocenters. The third-order valence-corrected chi connectivity index (χ3v) is 23.3. The maximum atomic E-state index is 15.0. The van der Waals surface area contributed by atoms with Gasteiger partial charge in [-0.2, -0.15) is 25.3 Å². The Kier molecular flexibility index (Phi) is 50.7. The molecule has 0 aromatic heterocycles. The largest absolute Gasteiger partial charge is 0.508 e. The number of carboxylic acids is 1. The Bertz CT molecular complexity index is 4350. The van der Waals surface area contributed by atoms with Crippen molar-refractivity contribution in [1.29, 1.82) is 10.8 Å². The van der Waals surface area contributed by atoms with E-state index in [1.165, 1.54) is 67.3 Å². The summed E-state index contributed by atoms with van der Waals surface area (Å²) in [6, 6.07) is -13.8. The molecule has 2 aromatic rings. The summed E-state index contributed by atoms with van der Waals surface area (Å²) in [5.74, 6) is -21.5. The molecule has 1 saturated heterocycles. The normalized spacial score (nSPS) is 17.0. The van der Waals surface area contributed by atoms with Crippen molar-refractivity contribution in [3.63, 3.8) is 0 Å². The lowest BCUT2D eigenvalue weighted by atomic mass is 9.94. The van der Waals surface area contributed by atoms with E-state index in [1.807, 2.05) is 0 Å². The number of phenols is 2. The lowest BCUT2D eigenvalue weighted by Gasteiger charge is -2.33. The lowest BCUT2D eigenvalue weighted by Crippen LogP contribution is -2.64. The number of rotatable bonds is 60. The van der Waals surface area contributed by atoms with E-state index in [9.17, 15) is 107 Å². The van der Waals surface area contributed by atoms with Gasteiger partial charge in [-0.1, -0.05) is 98.9 Å². The molecule has 0 aliphatic carbocycles. The van der Waals surface area contributed by atoms with Gasteiger partial charge in [0.1, 0.15) is 102 Å². The van der Waals surface area contributed by atoms with E-state index in [1.54, 1.807) is 55.4 Å². The van der Waals surface area contributed by atoms with Gasteiger partial charge in [-0.15, -0.1) is 0 Å². The highest BCUT2D eigenvalue weighted by Gasteiger charge is 2.46. The zero-order valence-corrected chi connectivity index (χ0v) is 79.6. The van der Waals surface area contributed by atoms with Gasteiger partial charge >= 0.3 is 5.97 Å². The Balaban J connectivity index is 1.91. The fourth-order valence-electron chi connectivity index (χ4n) is 14.0. The topological polar surface area (TPSA) is 817 Å². The molecule has 135 heavy (non-hydrogen) atoms. The minimum atomic E-state index is -1.98. The van der Waals surface area contributed by atoms with Crippen molar-refractivity contribution in [2.75, 3.05) is 51.6 Å². The third-order valence-electron chi connectivity index (χ3n) is 22.7. The molecule has 2 aromatic carbocycles. The van der Waals surface area contributed by atoms with Gasteiger partial charge in [-0.05, 0) is 137 Å². The molecule has 756 valence electrons. The maximum absolute atomic E-state index is 15.0. The molecule has 0 bridgehead atoms. The maximum Gasteiger partial charge on any atom is 0.326 e. The number of nitrogens with two attached hydrogens (primary N) is 7. The second-order valence-corrected chi connectivity index (χ2v) is 35.8. The smallest absolute Gasteiger partial charge is 0.326 e. The van der Waals surface area contributed by atoms with Crippen molar-refractivity contribution < 1.29 is 107 Å². The summed E-state index contributed by atoms with van der Waals surface area (Å²) in [5, 5.41) is 107. The molecule has 1 aliphatic rings. The van der Waals surface area contributed by atoms with Gasteiger partial charge < -0.3 is 156 Å². The Hall–Kier alpha value is -12.0. The number of nitrogens with zero attached hydrogens (tertiary/aromatic N) is 1. The molecule has 1 fully saturated rings. The van der Waals surface area contributed by atoms with Crippen LogP contribution in [-0.2, 0) is 94.3 Å². The number of likely N-dealkylation sites (tertiary alicyclic amines) is 1. The van der Waals surface area contributed by atoms with Crippen LogP contribution < -0.4 is 125 Å². The van der Waals surface area contributed by atoms with E-state index in [-0.39, 0.29) is 127 Å². The number of phenolic OH excluding ortho intramolecular Hbond substituents is 2. The molecule has 1 aliphatic heterocycles. The number of benzene rings is 2. The highest BCUT2D eigenvalue weighted by atomic mass is 32.1. The summed E-state index contributed by atoms with van der Waals surface area (Å²) < 4.78 is -1.60. The number of aliphatic hydroxyl groups excluding tert-OH is 2. The number of primary amides is 1. The quantitative estimate of drug-likeness (QED) is 0.0127. The average Bonchev–Trinajstić information content (AvgIpc) is 1.80. The second-order valence-electron chi connectivity index (χ2n) is 34.3. The zero-order chi connectivity index (χ0) is 102. The molecular weight excluding hydrogens is 1800 g/mol. The van der Waals surface area contributed by atoms with Crippen molar-refractivity contribution in [2.24, 2.45) is 63.8 Å². The number of carboxylic acid groups (broad SMARTS) is 1. The van der Waals surface area contributed by atoms with Crippen LogP contribution in [0.1, 0.15) is 157 Å². The van der Waals surface area contributed by atoms with E-state index in [0.29, 0.717) is 17.5 Å². The predicted octanol–water partition coefficient (Wildman–Crippen LogP) is -8.08. The third kappa shape index (κ3) is 39.5. The number of carbonyl (C=O) groups is 17. The summed E-state index contributed by atoms with van der Waals surface area (Å²) in [7, 11) is 0. The summed E-state index contributed by atoms with van der Waals surface area (Å²) in [6.07, 6.45) is -3.42. The highest BCUT2D eigenvalue weighted by Crippen LogP contribution is 2.25. The monoisotopic (exact) mass is 1940 g/mol. The van der Waals surface area contributed by atoms with Crippen LogP contribution in [0.5, 0.6) is 11.5 Å². The second kappa shape index (κ2) is 58.3. The van der Waals surface area contributed by atoms with E-state index >= 15 is 0 Å². The van der Waals surface area contributed by atoms with Crippen LogP contribution >= 0.6 is 25.3 Å². The lowest BCUT2D eigenvalue weighted by molar-refractivity contribution is -0.142. The predicted molar refractivity (Wildman–Crippen MR) is 503 cm³/mol. The first-order valence-corrected chi connectivity index (χ1v) is 45.8. The molecule has 3 rings (SSSR count). The van der Waals surface area contributed by atoms with Crippen molar-refractivity contribution in [3.8, 4) is 11.5 Å². The summed E-state index contributed by atoms with van der Waals surface area (Å²) in [4.78, 5) is 241. The minimum absolute atomic E-state index is 0.0480. The molecule has 0 spiro atoms. The SMILES string of the molecule is CC[C@H](C)[C@H](NC(=O)[C@@H](NC(=O)[C@@H]1C[C@@H](O)CN1C(=O)[C@@H](N)C(C)C)[C@@H](C)CC)C(=O)N[C@@H](Cc1ccc(O)cc1)C(=O)N[C@H](C(=O)N[C@@H](CC(N)=O)C(=O)N[C@@H](CCCNC(=N)N)C(=O)N[C@@H](CCN)C(=O)N[C@@H](CO)C(=O)N[C@H](CCN)C(=O)N[C@H](C(=O)N[C@@H](CS)C(=O)N[C@@H](CCN)C(=O)N[C@@H](CCCNC(=N)N)C(=O)N[C@@H](Cc1ccc(O)cc1)C(=O)O)[C@@H](C)CC)C(C)(C)S. The first-order valence-electron chi connectivity index (χ1n) is 44.7. The number of aromatic hydroxyl groups is 2. The van der Waals surface area contributed by atoms with Gasteiger partial charge in [0, 0.05) is 49.4 Å². The first-order chi connectivity index (χ1) is 63.4. The number of guanidine groups is 2. The molecule has 50 heteroatoms. The summed E-state index contributed by atoms with van der Waals surface area (Å²) >= 11 is 8.90. The van der Waals surface area contributed by atoms with Crippen LogP contribution in [0.3, 0.4) is 0 Å². The van der Waals surface area contributed by atoms with Crippen molar-refractivity contribution in [3.05, 3.63) is 59.7 Å². The molecule has 0 radical (unpaired) electrons. The molecule has 16 amide bonds. The molecule has 48 nitrogen and oxygen atoms in total. The van der Waals surface area contributed by atoms with Gasteiger partial charge in [-0.25, -0.2) is 4.79 Å². The molecule has 37 N–H and O–H groups in total. The number of aliphatic hydroxyl groups is 2. The van der Waals surface area contributed by atoms with E-state index < -0.39 is 263 Å². The average molecular weight is 1940 g/mol. The molecule has 1 heterocycles. The molecule has 0 saturated carbocycles. The van der Waals surface area contributed by atoms with Gasteiger partial charge in [0.15, 0.2) is 11.9 Å². The van der Waals surface area contributed by atoms with Crippen LogP contribution in [0, 0.1) is 34.5 Å². The van der Waals surface area contributed by atoms with Crippen LogP contribution in [0.2, 0.25) is 0 Å². The van der Waals surface area contributed by atoms with Gasteiger partial charge in [0.25, 0.3) is 0 Å². The molecular formula is C85H142N26O22S2.